The summed E-state index contributed by atoms with van der Waals surface area (Å²) in [7, 11) is 0. The van der Waals surface area contributed by atoms with Crippen LogP contribution in [0.15, 0.2) is 28.7 Å². The quantitative estimate of drug-likeness (QED) is 0.868. The van der Waals surface area contributed by atoms with Crippen molar-refractivity contribution in [3.63, 3.8) is 0 Å². The fraction of sp³-hybridized carbons (Fsp3) is 0.429. The van der Waals surface area contributed by atoms with E-state index < -0.39 is 17.6 Å². The van der Waals surface area contributed by atoms with E-state index in [9.17, 15) is 9.59 Å². The molecule has 0 aromatic heterocycles. The van der Waals surface area contributed by atoms with Gasteiger partial charge in [-0.15, -0.1) is 0 Å². The van der Waals surface area contributed by atoms with Crippen molar-refractivity contribution < 1.29 is 14.3 Å². The molecule has 0 heterocycles. The standard InChI is InChI=1S/C14H18BrNO3/c1-9(13(18)19-14(2,3)4)16-12(17)10-5-7-11(15)8-6-10/h5-9H,1-4H3,(H,16,17)/t9-/m1/s1. The summed E-state index contributed by atoms with van der Waals surface area (Å²) in [6.07, 6.45) is 0. The minimum Gasteiger partial charge on any atom is -0.458 e. The lowest BCUT2D eigenvalue weighted by Crippen LogP contribution is -2.42. The first-order valence-corrected chi connectivity index (χ1v) is 6.77. The highest BCUT2D eigenvalue weighted by molar-refractivity contribution is 9.10. The molecule has 0 unspecified atom stereocenters. The molecule has 0 aliphatic heterocycles. The van der Waals surface area contributed by atoms with Gasteiger partial charge in [0.2, 0.25) is 0 Å². The SMILES string of the molecule is C[C@@H](NC(=O)c1ccc(Br)cc1)C(=O)OC(C)(C)C. The smallest absolute Gasteiger partial charge is 0.328 e. The van der Waals surface area contributed by atoms with Gasteiger partial charge in [-0.25, -0.2) is 4.79 Å². The molecule has 1 aromatic rings. The molecule has 5 heteroatoms. The fourth-order valence-electron chi connectivity index (χ4n) is 1.33. The summed E-state index contributed by atoms with van der Waals surface area (Å²) in [4.78, 5) is 23.6. The maximum absolute atomic E-state index is 11.9. The van der Waals surface area contributed by atoms with Gasteiger partial charge in [0.15, 0.2) is 0 Å². The maximum atomic E-state index is 11.9. The van der Waals surface area contributed by atoms with Gasteiger partial charge >= 0.3 is 5.97 Å². The predicted octanol–water partition coefficient (Wildman–Crippen LogP) is 2.91. The Balaban J connectivity index is 2.61. The Morgan fingerprint density at radius 1 is 1.21 bits per heavy atom. The molecule has 0 radical (unpaired) electrons. The van der Waals surface area contributed by atoms with Crippen LogP contribution in [0.25, 0.3) is 0 Å². The third kappa shape index (κ3) is 5.42. The molecule has 1 aromatic carbocycles. The molecule has 0 fully saturated rings. The number of benzene rings is 1. The normalized spacial score (nSPS) is 12.7. The molecule has 1 rings (SSSR count). The van der Waals surface area contributed by atoms with Gasteiger partial charge in [0, 0.05) is 10.0 Å². The van der Waals surface area contributed by atoms with E-state index in [0.29, 0.717) is 5.56 Å². The zero-order valence-electron chi connectivity index (χ0n) is 11.5. The van der Waals surface area contributed by atoms with Crippen molar-refractivity contribution in [3.8, 4) is 0 Å². The van der Waals surface area contributed by atoms with Crippen molar-refractivity contribution in [1.29, 1.82) is 0 Å². The Hall–Kier alpha value is -1.36. The predicted molar refractivity (Wildman–Crippen MR) is 76.9 cm³/mol. The number of rotatable bonds is 3. The van der Waals surface area contributed by atoms with E-state index in [1.54, 1.807) is 52.0 Å². The Morgan fingerprint density at radius 3 is 2.21 bits per heavy atom. The first-order valence-electron chi connectivity index (χ1n) is 5.98. The van der Waals surface area contributed by atoms with Crippen molar-refractivity contribution >= 4 is 27.8 Å². The van der Waals surface area contributed by atoms with Crippen molar-refractivity contribution in [3.05, 3.63) is 34.3 Å². The first-order chi connectivity index (χ1) is 8.69. The molecule has 0 bridgehead atoms. The third-order valence-electron chi connectivity index (χ3n) is 2.21. The Bertz CT molecular complexity index is 463. The Labute approximate surface area is 121 Å². The summed E-state index contributed by atoms with van der Waals surface area (Å²) in [6, 6.07) is 6.22. The number of hydrogen-bond donors (Lipinski definition) is 1. The number of ether oxygens (including phenoxy) is 1. The molecule has 4 nitrogen and oxygen atoms in total. The van der Waals surface area contributed by atoms with Gasteiger partial charge in [-0.1, -0.05) is 15.9 Å². The molecular formula is C14H18BrNO3. The Morgan fingerprint density at radius 2 is 1.74 bits per heavy atom. The van der Waals surface area contributed by atoms with E-state index in [0.717, 1.165) is 4.47 Å². The van der Waals surface area contributed by atoms with Gasteiger partial charge in [-0.3, -0.25) is 4.79 Å². The van der Waals surface area contributed by atoms with Crippen molar-refractivity contribution in [2.45, 2.75) is 39.3 Å². The van der Waals surface area contributed by atoms with Crippen LogP contribution in [0, 0.1) is 0 Å². The molecule has 0 saturated heterocycles. The summed E-state index contributed by atoms with van der Waals surface area (Å²) in [5.74, 6) is -0.746. The van der Waals surface area contributed by atoms with E-state index >= 15 is 0 Å². The molecule has 0 spiro atoms. The van der Waals surface area contributed by atoms with Crippen molar-refractivity contribution in [2.24, 2.45) is 0 Å². The lowest BCUT2D eigenvalue weighted by molar-refractivity contribution is -0.156. The van der Waals surface area contributed by atoms with Gasteiger partial charge in [-0.2, -0.15) is 0 Å². The number of amides is 1. The van der Waals surface area contributed by atoms with Gasteiger partial charge < -0.3 is 10.1 Å². The van der Waals surface area contributed by atoms with Crippen molar-refractivity contribution in [2.75, 3.05) is 0 Å². The summed E-state index contributed by atoms with van der Waals surface area (Å²) in [5.41, 5.74) is -0.0631. The molecular weight excluding hydrogens is 310 g/mol. The van der Waals surface area contributed by atoms with Crippen LogP contribution in [0.4, 0.5) is 0 Å². The van der Waals surface area contributed by atoms with Crippen LogP contribution in [0.3, 0.4) is 0 Å². The number of esters is 1. The highest BCUT2D eigenvalue weighted by Gasteiger charge is 2.23. The largest absolute Gasteiger partial charge is 0.458 e. The van der Waals surface area contributed by atoms with Crippen LogP contribution in [0.5, 0.6) is 0 Å². The highest BCUT2D eigenvalue weighted by atomic mass is 79.9. The number of nitrogens with one attached hydrogen (secondary N) is 1. The third-order valence-corrected chi connectivity index (χ3v) is 2.74. The number of carbonyl (C=O) groups excluding carboxylic acids is 2. The lowest BCUT2D eigenvalue weighted by atomic mass is 10.2. The van der Waals surface area contributed by atoms with Gasteiger partial charge in [0.05, 0.1) is 0 Å². The zero-order valence-corrected chi connectivity index (χ0v) is 13.1. The highest BCUT2D eigenvalue weighted by Crippen LogP contribution is 2.11. The van der Waals surface area contributed by atoms with Gasteiger partial charge in [0.25, 0.3) is 5.91 Å². The molecule has 1 atom stereocenters. The number of halogens is 1. The van der Waals surface area contributed by atoms with E-state index in [2.05, 4.69) is 21.2 Å². The second-order valence-electron chi connectivity index (χ2n) is 5.24. The average Bonchev–Trinajstić information content (AvgIpc) is 2.27. The first kappa shape index (κ1) is 15.7. The molecule has 104 valence electrons. The van der Waals surface area contributed by atoms with Gasteiger partial charge in [0.1, 0.15) is 11.6 Å². The van der Waals surface area contributed by atoms with Crippen molar-refractivity contribution in [1.82, 2.24) is 5.32 Å². The van der Waals surface area contributed by atoms with E-state index in [1.165, 1.54) is 0 Å². The topological polar surface area (TPSA) is 55.4 Å². The number of carbonyl (C=O) groups is 2. The van der Waals surface area contributed by atoms with E-state index in [1.807, 2.05) is 0 Å². The zero-order chi connectivity index (χ0) is 14.6. The number of hydrogen-bond acceptors (Lipinski definition) is 3. The molecule has 0 aliphatic carbocycles. The average molecular weight is 328 g/mol. The van der Waals surface area contributed by atoms with Crippen LogP contribution >= 0.6 is 15.9 Å². The minimum atomic E-state index is -0.685. The van der Waals surface area contributed by atoms with Gasteiger partial charge in [-0.05, 0) is 52.0 Å². The van der Waals surface area contributed by atoms with Crippen LogP contribution in [0.2, 0.25) is 0 Å². The second kappa shape index (κ2) is 6.19. The van der Waals surface area contributed by atoms with Crippen LogP contribution in [0.1, 0.15) is 38.1 Å². The molecule has 19 heavy (non-hydrogen) atoms. The Kier molecular flexibility index (Phi) is 5.11. The maximum Gasteiger partial charge on any atom is 0.328 e. The molecule has 1 amide bonds. The summed E-state index contributed by atoms with van der Waals surface area (Å²) in [5, 5.41) is 2.61. The van der Waals surface area contributed by atoms with E-state index in [4.69, 9.17) is 4.74 Å². The second-order valence-corrected chi connectivity index (χ2v) is 6.15. The lowest BCUT2D eigenvalue weighted by Gasteiger charge is -2.22. The summed E-state index contributed by atoms with van der Waals surface area (Å²) in [6.45, 7) is 6.96. The van der Waals surface area contributed by atoms with Crippen LogP contribution in [-0.2, 0) is 9.53 Å². The van der Waals surface area contributed by atoms with Crippen LogP contribution in [-0.4, -0.2) is 23.5 Å². The minimum absolute atomic E-state index is 0.300. The van der Waals surface area contributed by atoms with E-state index in [-0.39, 0.29) is 5.91 Å². The fourth-order valence-corrected chi connectivity index (χ4v) is 1.59. The molecule has 0 aliphatic rings. The monoisotopic (exact) mass is 327 g/mol. The summed E-state index contributed by atoms with van der Waals surface area (Å²) < 4.78 is 6.09. The van der Waals surface area contributed by atoms with Crippen LogP contribution < -0.4 is 5.32 Å². The molecule has 1 N–H and O–H groups in total. The molecule has 0 saturated carbocycles. The summed E-state index contributed by atoms with van der Waals surface area (Å²) >= 11 is 3.30.